The van der Waals surface area contributed by atoms with Crippen LogP contribution in [0.2, 0.25) is 0 Å². The van der Waals surface area contributed by atoms with Crippen LogP contribution in [0.4, 0.5) is 4.39 Å². The van der Waals surface area contributed by atoms with Crippen molar-refractivity contribution in [1.29, 1.82) is 0 Å². The zero-order valence-electron chi connectivity index (χ0n) is 11.5. The van der Waals surface area contributed by atoms with Crippen LogP contribution in [0.3, 0.4) is 0 Å². The molecule has 0 unspecified atom stereocenters. The van der Waals surface area contributed by atoms with Gasteiger partial charge in [-0.3, -0.25) is 0 Å². The van der Waals surface area contributed by atoms with Gasteiger partial charge < -0.3 is 4.74 Å². The Labute approximate surface area is 120 Å². The molecule has 0 radical (unpaired) electrons. The van der Waals surface area contributed by atoms with Gasteiger partial charge in [0.25, 0.3) is 0 Å². The number of benzene rings is 1. The average Bonchev–Trinajstić information content (AvgIpc) is 2.86. The molecule has 0 N–H and O–H groups in total. The molecule has 3 aromatic rings. The number of aromatic nitrogens is 3. The third kappa shape index (κ3) is 2.35. The summed E-state index contributed by atoms with van der Waals surface area (Å²) >= 11 is 0. The molecule has 0 fully saturated rings. The van der Waals surface area contributed by atoms with E-state index >= 15 is 0 Å². The predicted molar refractivity (Wildman–Crippen MR) is 74.5 cm³/mol. The zero-order valence-corrected chi connectivity index (χ0v) is 11.5. The van der Waals surface area contributed by atoms with Crippen molar-refractivity contribution in [3.63, 3.8) is 0 Å². The molecule has 0 saturated carbocycles. The number of nitrogens with zero attached hydrogens (tertiary/aromatic N) is 3. The van der Waals surface area contributed by atoms with Crippen molar-refractivity contribution in [2.75, 3.05) is 7.11 Å². The van der Waals surface area contributed by atoms with E-state index in [-0.39, 0.29) is 11.5 Å². The second kappa shape index (κ2) is 4.97. The van der Waals surface area contributed by atoms with E-state index in [2.05, 4.69) is 10.1 Å². The van der Waals surface area contributed by atoms with Crippen molar-refractivity contribution >= 4 is 11.6 Å². The van der Waals surface area contributed by atoms with E-state index < -0.39 is 5.97 Å². The van der Waals surface area contributed by atoms with Crippen LogP contribution in [0.5, 0.6) is 0 Å². The number of halogens is 1. The van der Waals surface area contributed by atoms with Crippen molar-refractivity contribution in [2.24, 2.45) is 0 Å². The topological polar surface area (TPSA) is 56.5 Å². The molecule has 0 atom stereocenters. The van der Waals surface area contributed by atoms with Crippen molar-refractivity contribution in [1.82, 2.24) is 14.6 Å². The lowest BCUT2D eigenvalue weighted by Gasteiger charge is -2.06. The third-order valence-corrected chi connectivity index (χ3v) is 3.08. The number of carbonyl (C=O) groups excluding carboxylic acids is 1. The lowest BCUT2D eigenvalue weighted by Crippen LogP contribution is -2.10. The summed E-state index contributed by atoms with van der Waals surface area (Å²) < 4.78 is 19.2. The molecule has 0 aliphatic rings. The summed E-state index contributed by atoms with van der Waals surface area (Å²) in [5.74, 6) is -0.831. The fourth-order valence-electron chi connectivity index (χ4n) is 2.11. The summed E-state index contributed by atoms with van der Waals surface area (Å²) in [6.45, 7) is 1.81. The summed E-state index contributed by atoms with van der Waals surface area (Å²) in [5, 5.41) is 4.22. The molecular formula is C15H12FN3O2. The molecule has 0 bridgehead atoms. The van der Waals surface area contributed by atoms with Gasteiger partial charge in [0.15, 0.2) is 11.3 Å². The number of carbonyl (C=O) groups is 1. The van der Waals surface area contributed by atoms with Crippen LogP contribution in [-0.2, 0) is 4.74 Å². The molecule has 0 amide bonds. The standard InChI is InChI=1S/C15H12FN3O2/c1-9-7-14-17-12(10-3-5-11(16)6-4-10)8-13(15(20)21-2)19(14)18-9/h3-8H,1-2H3. The van der Waals surface area contributed by atoms with Crippen LogP contribution < -0.4 is 0 Å². The van der Waals surface area contributed by atoms with E-state index in [0.717, 1.165) is 5.69 Å². The Morgan fingerprint density at radius 3 is 2.62 bits per heavy atom. The molecular weight excluding hydrogens is 273 g/mol. The number of esters is 1. The molecule has 0 spiro atoms. The van der Waals surface area contributed by atoms with E-state index in [1.165, 1.54) is 23.8 Å². The summed E-state index contributed by atoms with van der Waals surface area (Å²) in [7, 11) is 1.31. The number of fused-ring (bicyclic) bond motifs is 1. The van der Waals surface area contributed by atoms with Crippen LogP contribution >= 0.6 is 0 Å². The normalized spacial score (nSPS) is 10.8. The second-order valence-corrected chi connectivity index (χ2v) is 4.58. The molecule has 0 aliphatic heterocycles. The third-order valence-electron chi connectivity index (χ3n) is 3.08. The molecule has 1 aromatic carbocycles. The minimum atomic E-state index is -0.506. The van der Waals surface area contributed by atoms with E-state index in [9.17, 15) is 9.18 Å². The Kier molecular flexibility index (Phi) is 3.13. The minimum absolute atomic E-state index is 0.273. The van der Waals surface area contributed by atoms with E-state index in [1.54, 1.807) is 24.3 Å². The van der Waals surface area contributed by atoms with Gasteiger partial charge in [-0.1, -0.05) is 0 Å². The maximum absolute atomic E-state index is 13.0. The Hall–Kier alpha value is -2.76. The molecule has 6 heteroatoms. The lowest BCUT2D eigenvalue weighted by molar-refractivity contribution is 0.0590. The number of aryl methyl sites for hydroxylation is 1. The SMILES string of the molecule is COC(=O)c1cc(-c2ccc(F)cc2)nc2cc(C)nn12. The van der Waals surface area contributed by atoms with Crippen LogP contribution in [0.25, 0.3) is 16.9 Å². The van der Waals surface area contributed by atoms with Crippen molar-refractivity contribution in [3.8, 4) is 11.3 Å². The van der Waals surface area contributed by atoms with Crippen molar-refractivity contribution < 1.29 is 13.9 Å². The monoisotopic (exact) mass is 285 g/mol. The highest BCUT2D eigenvalue weighted by Gasteiger charge is 2.16. The molecule has 2 heterocycles. The summed E-state index contributed by atoms with van der Waals surface area (Å²) in [6, 6.07) is 9.26. The van der Waals surface area contributed by atoms with Crippen LogP contribution in [0.1, 0.15) is 16.2 Å². The highest BCUT2D eigenvalue weighted by atomic mass is 19.1. The highest BCUT2D eigenvalue weighted by molar-refractivity contribution is 5.89. The van der Waals surface area contributed by atoms with Crippen LogP contribution in [-0.4, -0.2) is 27.7 Å². The summed E-state index contributed by atoms with van der Waals surface area (Å²) in [5.41, 5.74) is 2.82. The van der Waals surface area contributed by atoms with E-state index in [4.69, 9.17) is 4.74 Å². The summed E-state index contributed by atoms with van der Waals surface area (Å²) in [6.07, 6.45) is 0. The van der Waals surface area contributed by atoms with Gasteiger partial charge in [-0.25, -0.2) is 18.7 Å². The molecule has 21 heavy (non-hydrogen) atoms. The van der Waals surface area contributed by atoms with Crippen molar-refractivity contribution in [2.45, 2.75) is 6.92 Å². The van der Waals surface area contributed by atoms with E-state index in [0.29, 0.717) is 16.9 Å². The zero-order chi connectivity index (χ0) is 15.0. The summed E-state index contributed by atoms with van der Waals surface area (Å²) in [4.78, 5) is 16.3. The Morgan fingerprint density at radius 2 is 1.95 bits per heavy atom. The van der Waals surface area contributed by atoms with Gasteiger partial charge in [0.05, 0.1) is 18.5 Å². The number of hydrogen-bond donors (Lipinski definition) is 0. The van der Waals surface area contributed by atoms with Gasteiger partial charge in [-0.05, 0) is 37.3 Å². The van der Waals surface area contributed by atoms with Crippen molar-refractivity contribution in [3.05, 3.63) is 53.6 Å². The minimum Gasteiger partial charge on any atom is -0.464 e. The first-order valence-corrected chi connectivity index (χ1v) is 6.30. The molecule has 5 nitrogen and oxygen atoms in total. The first kappa shape index (κ1) is 13.2. The smallest absolute Gasteiger partial charge is 0.356 e. The molecule has 106 valence electrons. The fourth-order valence-corrected chi connectivity index (χ4v) is 2.11. The van der Waals surface area contributed by atoms with Gasteiger partial charge in [0.2, 0.25) is 0 Å². The number of rotatable bonds is 2. The number of methoxy groups -OCH3 is 1. The van der Waals surface area contributed by atoms with Crippen LogP contribution in [0, 0.1) is 12.7 Å². The molecule has 3 rings (SSSR count). The first-order chi connectivity index (χ1) is 10.1. The van der Waals surface area contributed by atoms with Gasteiger partial charge in [0, 0.05) is 11.6 Å². The molecule has 0 saturated heterocycles. The Balaban J connectivity index is 2.24. The van der Waals surface area contributed by atoms with E-state index in [1.807, 2.05) is 6.92 Å². The van der Waals surface area contributed by atoms with Gasteiger partial charge in [-0.15, -0.1) is 0 Å². The van der Waals surface area contributed by atoms with Crippen LogP contribution in [0.15, 0.2) is 36.4 Å². The van der Waals surface area contributed by atoms with Gasteiger partial charge in [-0.2, -0.15) is 5.10 Å². The van der Waals surface area contributed by atoms with Gasteiger partial charge in [0.1, 0.15) is 5.82 Å². The fraction of sp³-hybridized carbons (Fsp3) is 0.133. The maximum atomic E-state index is 13.0. The molecule has 0 aliphatic carbocycles. The second-order valence-electron chi connectivity index (χ2n) is 4.58. The predicted octanol–water partition coefficient (Wildman–Crippen LogP) is 2.63. The number of hydrogen-bond acceptors (Lipinski definition) is 4. The van der Waals surface area contributed by atoms with Gasteiger partial charge >= 0.3 is 5.97 Å². The quantitative estimate of drug-likeness (QED) is 0.679. The molecule has 2 aromatic heterocycles. The number of ether oxygens (including phenoxy) is 1. The lowest BCUT2D eigenvalue weighted by atomic mass is 10.1. The Morgan fingerprint density at radius 1 is 1.24 bits per heavy atom. The largest absolute Gasteiger partial charge is 0.464 e. The first-order valence-electron chi connectivity index (χ1n) is 6.30. The average molecular weight is 285 g/mol. The highest BCUT2D eigenvalue weighted by Crippen LogP contribution is 2.21. The Bertz CT molecular complexity index is 825. The maximum Gasteiger partial charge on any atom is 0.356 e.